The van der Waals surface area contributed by atoms with Crippen molar-refractivity contribution in [3.8, 4) is 0 Å². The predicted molar refractivity (Wildman–Crippen MR) is 38.3 cm³/mol. The van der Waals surface area contributed by atoms with Gasteiger partial charge in [-0.3, -0.25) is 0 Å². The summed E-state index contributed by atoms with van der Waals surface area (Å²) in [6.45, 7) is 4.62. The normalized spacial score (nSPS) is 27.6. The summed E-state index contributed by atoms with van der Waals surface area (Å²) in [4.78, 5) is 0.947. The summed E-state index contributed by atoms with van der Waals surface area (Å²) in [5, 5.41) is 1.37. The molecule has 0 aromatic carbocycles. The van der Waals surface area contributed by atoms with E-state index in [2.05, 4.69) is 26.0 Å². The van der Waals surface area contributed by atoms with Crippen LogP contribution in [0.2, 0.25) is 10.1 Å². The zero-order chi connectivity index (χ0) is 5.98. The van der Waals surface area contributed by atoms with E-state index in [9.17, 15) is 0 Å². The number of hydrogen-bond acceptors (Lipinski definition) is 0. The van der Waals surface area contributed by atoms with Crippen molar-refractivity contribution in [2.24, 2.45) is 5.92 Å². The molecule has 0 aromatic rings. The van der Waals surface area contributed by atoms with Gasteiger partial charge in [0.2, 0.25) is 0 Å². The van der Waals surface area contributed by atoms with Gasteiger partial charge in [0, 0.05) is 0 Å². The Labute approximate surface area is 57.5 Å². The molecule has 1 heteroatoms. The summed E-state index contributed by atoms with van der Waals surface area (Å²) in [7, 11) is 0. The van der Waals surface area contributed by atoms with Crippen LogP contribution in [0.5, 0.6) is 0 Å². The third kappa shape index (κ3) is 1.37. The second-order valence-electron chi connectivity index (χ2n) is 2.47. The number of allylic oxidation sites excluding steroid dienone is 2. The molecule has 1 heterocycles. The molecule has 0 radical (unpaired) electrons. The minimum absolute atomic E-state index is 0.883. The SMILES string of the molecule is CC(C)C1C=CC[Se]1. The van der Waals surface area contributed by atoms with Crippen LogP contribution >= 0.6 is 0 Å². The van der Waals surface area contributed by atoms with E-state index in [1.165, 1.54) is 5.32 Å². The van der Waals surface area contributed by atoms with Gasteiger partial charge in [-0.05, 0) is 0 Å². The summed E-state index contributed by atoms with van der Waals surface area (Å²) >= 11 is 0.897. The average Bonchev–Trinajstić information content (AvgIpc) is 2.12. The van der Waals surface area contributed by atoms with Crippen LogP contribution in [-0.2, 0) is 0 Å². The predicted octanol–water partition coefficient (Wildman–Crippen LogP) is 2.12. The van der Waals surface area contributed by atoms with E-state index < -0.39 is 0 Å². The molecule has 0 fully saturated rings. The summed E-state index contributed by atoms with van der Waals surface area (Å²) in [6, 6.07) is 0. The van der Waals surface area contributed by atoms with Crippen LogP contribution in [0.15, 0.2) is 12.2 Å². The van der Waals surface area contributed by atoms with Gasteiger partial charge in [-0.2, -0.15) is 0 Å². The standard InChI is InChI=1S/C7H12Se/c1-6(2)7-4-3-5-8-7/h3-4,6-7H,5H2,1-2H3. The Bertz CT molecular complexity index is 94.6. The van der Waals surface area contributed by atoms with Crippen molar-refractivity contribution in [2.75, 3.05) is 0 Å². The van der Waals surface area contributed by atoms with Gasteiger partial charge >= 0.3 is 57.0 Å². The van der Waals surface area contributed by atoms with Crippen LogP contribution in [-0.4, -0.2) is 15.0 Å². The topological polar surface area (TPSA) is 0 Å². The maximum atomic E-state index is 2.38. The van der Waals surface area contributed by atoms with E-state index in [-0.39, 0.29) is 0 Å². The van der Waals surface area contributed by atoms with E-state index in [1.54, 1.807) is 0 Å². The Kier molecular flexibility index (Phi) is 2.16. The second-order valence-corrected chi connectivity index (χ2v) is 5.01. The van der Waals surface area contributed by atoms with E-state index in [1.807, 2.05) is 0 Å². The van der Waals surface area contributed by atoms with Crippen LogP contribution in [0.3, 0.4) is 0 Å². The van der Waals surface area contributed by atoms with Crippen molar-refractivity contribution in [3.63, 3.8) is 0 Å². The molecule has 46 valence electrons. The number of hydrogen-bond donors (Lipinski definition) is 0. The molecule has 0 saturated heterocycles. The third-order valence-electron chi connectivity index (χ3n) is 1.37. The average molecular weight is 175 g/mol. The van der Waals surface area contributed by atoms with Crippen molar-refractivity contribution in [1.29, 1.82) is 0 Å². The Balaban J connectivity index is 2.36. The summed E-state index contributed by atoms with van der Waals surface area (Å²) in [6.07, 6.45) is 4.70. The molecule has 1 aliphatic rings. The molecule has 0 amide bonds. The van der Waals surface area contributed by atoms with Gasteiger partial charge in [-0.1, -0.05) is 0 Å². The molecule has 0 aliphatic carbocycles. The van der Waals surface area contributed by atoms with Crippen molar-refractivity contribution in [3.05, 3.63) is 12.2 Å². The van der Waals surface area contributed by atoms with Crippen LogP contribution in [0.25, 0.3) is 0 Å². The van der Waals surface area contributed by atoms with Crippen molar-refractivity contribution < 1.29 is 0 Å². The molecule has 1 atom stereocenters. The molecule has 1 rings (SSSR count). The third-order valence-corrected chi connectivity index (χ3v) is 4.45. The van der Waals surface area contributed by atoms with Crippen LogP contribution in [0, 0.1) is 5.92 Å². The molecule has 0 bridgehead atoms. The molecule has 0 nitrogen and oxygen atoms in total. The maximum absolute atomic E-state index is 2.38. The monoisotopic (exact) mass is 176 g/mol. The van der Waals surface area contributed by atoms with Crippen molar-refractivity contribution in [1.82, 2.24) is 0 Å². The molecule has 1 unspecified atom stereocenters. The van der Waals surface area contributed by atoms with E-state index >= 15 is 0 Å². The zero-order valence-corrected chi connectivity index (χ0v) is 7.14. The first-order valence-electron chi connectivity index (χ1n) is 3.09. The first kappa shape index (κ1) is 6.38. The molecule has 0 spiro atoms. The van der Waals surface area contributed by atoms with E-state index in [4.69, 9.17) is 0 Å². The van der Waals surface area contributed by atoms with Gasteiger partial charge < -0.3 is 0 Å². The Hall–Kier alpha value is 0.259. The van der Waals surface area contributed by atoms with Gasteiger partial charge in [0.05, 0.1) is 0 Å². The van der Waals surface area contributed by atoms with Crippen molar-refractivity contribution >= 4 is 15.0 Å². The van der Waals surface area contributed by atoms with Crippen LogP contribution in [0.4, 0.5) is 0 Å². The van der Waals surface area contributed by atoms with E-state index in [0.717, 1.165) is 25.7 Å². The van der Waals surface area contributed by atoms with Crippen LogP contribution in [0.1, 0.15) is 13.8 Å². The Morgan fingerprint density at radius 3 is 2.62 bits per heavy atom. The first-order valence-corrected chi connectivity index (χ1v) is 5.29. The quantitative estimate of drug-likeness (QED) is 0.423. The van der Waals surface area contributed by atoms with Gasteiger partial charge in [0.15, 0.2) is 0 Å². The van der Waals surface area contributed by atoms with Gasteiger partial charge in [0.25, 0.3) is 0 Å². The first-order chi connectivity index (χ1) is 3.80. The molecule has 8 heavy (non-hydrogen) atoms. The fourth-order valence-corrected chi connectivity index (χ4v) is 3.03. The summed E-state index contributed by atoms with van der Waals surface area (Å²) in [5.41, 5.74) is 0. The van der Waals surface area contributed by atoms with Gasteiger partial charge in [-0.25, -0.2) is 0 Å². The Morgan fingerprint density at radius 1 is 1.62 bits per heavy atom. The van der Waals surface area contributed by atoms with Gasteiger partial charge in [0.1, 0.15) is 0 Å². The molecule has 0 aromatic heterocycles. The Morgan fingerprint density at radius 2 is 2.38 bits per heavy atom. The second kappa shape index (κ2) is 2.70. The molecule has 0 saturated carbocycles. The van der Waals surface area contributed by atoms with Gasteiger partial charge in [-0.15, -0.1) is 0 Å². The summed E-state index contributed by atoms with van der Waals surface area (Å²) in [5.74, 6) is 0.883. The minimum atomic E-state index is 0.883. The molecule has 1 aliphatic heterocycles. The molecule has 0 N–H and O–H groups in total. The zero-order valence-electron chi connectivity index (χ0n) is 5.42. The fourth-order valence-electron chi connectivity index (χ4n) is 0.827. The summed E-state index contributed by atoms with van der Waals surface area (Å²) < 4.78 is 0. The van der Waals surface area contributed by atoms with Crippen LogP contribution < -0.4 is 0 Å². The fraction of sp³-hybridized carbons (Fsp3) is 0.714. The molecular weight excluding hydrogens is 163 g/mol. The molecular formula is C7H12Se. The van der Waals surface area contributed by atoms with Crippen molar-refractivity contribution in [2.45, 2.75) is 24.0 Å². The number of rotatable bonds is 1. The van der Waals surface area contributed by atoms with E-state index in [0.29, 0.717) is 0 Å².